The quantitative estimate of drug-likeness (QED) is 0.799. The zero-order valence-electron chi connectivity index (χ0n) is 16.1. The van der Waals surface area contributed by atoms with Gasteiger partial charge in [0.15, 0.2) is 5.72 Å². The molecule has 0 radical (unpaired) electrons. The van der Waals surface area contributed by atoms with Crippen LogP contribution in [0.2, 0.25) is 5.02 Å². The maximum Gasteiger partial charge on any atom is 0.433 e. The fourth-order valence-electron chi connectivity index (χ4n) is 2.79. The first-order valence-electron chi connectivity index (χ1n) is 8.37. The predicted octanol–water partition coefficient (Wildman–Crippen LogP) is 3.21. The van der Waals surface area contributed by atoms with Crippen LogP contribution in [-0.4, -0.2) is 44.3 Å². The maximum absolute atomic E-state index is 12.3. The summed E-state index contributed by atoms with van der Waals surface area (Å²) in [6.45, 7) is 3.41. The molecule has 0 unspecified atom stereocenters. The Bertz CT molecular complexity index is 761. The normalized spacial score (nSPS) is 26.9. The number of halogens is 1. The number of methoxy groups -OCH3 is 2. The Kier molecular flexibility index (Phi) is 6.75. The number of nitrogens with zero attached hydrogens (tertiary/aromatic N) is 1. The number of carbonyl (C=O) groups excluding carboxylic acids is 1. The van der Waals surface area contributed by atoms with E-state index in [4.69, 9.17) is 25.9 Å². The van der Waals surface area contributed by atoms with Gasteiger partial charge in [-0.05, 0) is 38.0 Å². The summed E-state index contributed by atoms with van der Waals surface area (Å²) in [6.07, 6.45) is 4.35. The molecule has 1 aromatic carbocycles. The molecule has 7 nitrogen and oxygen atoms in total. The molecule has 8 heteroatoms. The number of rotatable bonds is 2. The summed E-state index contributed by atoms with van der Waals surface area (Å²) in [4.78, 5) is 17.5. The molecule has 2 N–H and O–H groups in total. The minimum absolute atomic E-state index is 0.312. The van der Waals surface area contributed by atoms with Gasteiger partial charge in [-0.1, -0.05) is 35.4 Å². The molecule has 0 spiro atoms. The number of amides is 1. The lowest BCUT2D eigenvalue weighted by Gasteiger charge is -2.31. The van der Waals surface area contributed by atoms with Crippen LogP contribution in [-0.2, 0) is 16.0 Å². The van der Waals surface area contributed by atoms with E-state index in [1.54, 1.807) is 19.2 Å². The molecule has 2 bridgehead atoms. The summed E-state index contributed by atoms with van der Waals surface area (Å²) in [5, 5.41) is 14.5. The molecule has 0 saturated heterocycles. The predicted molar refractivity (Wildman–Crippen MR) is 104 cm³/mol. The molecule has 2 atom stereocenters. The second kappa shape index (κ2) is 8.65. The number of aliphatic hydroxyl groups is 1. The molecule has 0 fully saturated rings. The molecule has 1 heterocycles. The summed E-state index contributed by atoms with van der Waals surface area (Å²) in [5.74, 6) is 0.474. The number of allylic oxidation sites excluding steroid dienone is 3. The van der Waals surface area contributed by atoms with Crippen molar-refractivity contribution >= 4 is 23.4 Å². The smallest absolute Gasteiger partial charge is 0.433 e. The van der Waals surface area contributed by atoms with Crippen LogP contribution in [0.15, 0.2) is 35.9 Å². The number of ether oxygens (including phenoxy) is 2. The van der Waals surface area contributed by atoms with Crippen molar-refractivity contribution in [2.75, 3.05) is 26.3 Å². The highest BCUT2D eigenvalue weighted by Crippen LogP contribution is 2.36. The number of benzene rings is 1. The summed E-state index contributed by atoms with van der Waals surface area (Å²) in [7, 11) is 4.51. The number of hydrogen-bond acceptors (Lipinski definition) is 6. The van der Waals surface area contributed by atoms with Gasteiger partial charge < -0.3 is 19.4 Å². The van der Waals surface area contributed by atoms with Gasteiger partial charge in [0.25, 0.3) is 0 Å². The minimum Gasteiger partial charge on any atom is -0.495 e. The van der Waals surface area contributed by atoms with Crippen LogP contribution in [0.5, 0.6) is 5.75 Å². The molecule has 2 rings (SSSR count). The van der Waals surface area contributed by atoms with Crippen LogP contribution < -0.4 is 15.1 Å². The van der Waals surface area contributed by atoms with Crippen LogP contribution in [0.25, 0.3) is 0 Å². The summed E-state index contributed by atoms with van der Waals surface area (Å²) in [6, 6.07) is 3.66. The number of anilines is 1. The van der Waals surface area contributed by atoms with Crippen LogP contribution in [0.1, 0.15) is 19.4 Å². The van der Waals surface area contributed by atoms with E-state index in [9.17, 15) is 9.90 Å². The van der Waals surface area contributed by atoms with Gasteiger partial charge in [-0.2, -0.15) is 0 Å². The number of hydroxylamine groups is 1. The van der Waals surface area contributed by atoms with E-state index in [2.05, 4.69) is 5.32 Å². The second-order valence-corrected chi connectivity index (χ2v) is 6.89. The van der Waals surface area contributed by atoms with E-state index in [-0.39, 0.29) is 0 Å². The van der Waals surface area contributed by atoms with Crippen molar-refractivity contribution in [3.8, 4) is 5.75 Å². The lowest BCUT2D eigenvalue weighted by Crippen LogP contribution is -2.55. The zero-order chi connectivity index (χ0) is 20.2. The summed E-state index contributed by atoms with van der Waals surface area (Å²) in [5.41, 5.74) is 0.792. The van der Waals surface area contributed by atoms with Gasteiger partial charge in [-0.15, -0.1) is 0 Å². The Morgan fingerprint density at radius 3 is 2.74 bits per heavy atom. The van der Waals surface area contributed by atoms with E-state index in [0.717, 1.165) is 11.1 Å². The van der Waals surface area contributed by atoms with Crippen LogP contribution >= 0.6 is 11.6 Å². The van der Waals surface area contributed by atoms with Gasteiger partial charge in [0.2, 0.25) is 0 Å². The summed E-state index contributed by atoms with van der Waals surface area (Å²) < 4.78 is 10.6. The van der Waals surface area contributed by atoms with Gasteiger partial charge in [0.1, 0.15) is 16.9 Å². The van der Waals surface area contributed by atoms with E-state index in [0.29, 0.717) is 22.9 Å². The lowest BCUT2D eigenvalue weighted by atomic mass is 10.0. The molecule has 0 aliphatic carbocycles. The van der Waals surface area contributed by atoms with Crippen molar-refractivity contribution in [3.63, 3.8) is 0 Å². The van der Waals surface area contributed by atoms with Gasteiger partial charge in [-0.3, -0.25) is 5.32 Å². The Labute approximate surface area is 164 Å². The zero-order valence-corrected chi connectivity index (χ0v) is 16.8. The average molecular weight is 397 g/mol. The Balaban J connectivity index is 2.51. The Morgan fingerprint density at radius 2 is 2.11 bits per heavy atom. The summed E-state index contributed by atoms with van der Waals surface area (Å²) >= 11 is 6.37. The molecule has 1 aliphatic heterocycles. The highest BCUT2D eigenvalue weighted by atomic mass is 35.5. The van der Waals surface area contributed by atoms with Gasteiger partial charge >= 0.3 is 6.09 Å². The van der Waals surface area contributed by atoms with Crippen molar-refractivity contribution in [1.82, 2.24) is 5.32 Å². The van der Waals surface area contributed by atoms with E-state index in [1.807, 2.05) is 25.1 Å². The molecule has 0 aromatic heterocycles. The first-order chi connectivity index (χ1) is 12.7. The number of fused-ring (bicyclic) bond motifs is 2. The first kappa shape index (κ1) is 21.1. The third-order valence-electron chi connectivity index (χ3n) is 4.17. The monoisotopic (exact) mass is 396 g/mol. The molecular weight excluding hydrogens is 372 g/mol. The molecule has 0 saturated carbocycles. The second-order valence-electron chi connectivity index (χ2n) is 6.51. The Hall–Kier alpha value is -2.22. The fraction of sp³-hybridized carbons (Fsp3) is 0.421. The van der Waals surface area contributed by atoms with Crippen molar-refractivity contribution in [3.05, 3.63) is 46.5 Å². The highest BCUT2D eigenvalue weighted by molar-refractivity contribution is 6.34. The van der Waals surface area contributed by atoms with Crippen LogP contribution in [0.4, 0.5) is 10.5 Å². The van der Waals surface area contributed by atoms with Crippen LogP contribution in [0.3, 0.4) is 0 Å². The van der Waals surface area contributed by atoms with Crippen molar-refractivity contribution < 1.29 is 24.2 Å². The van der Waals surface area contributed by atoms with Gasteiger partial charge in [0.05, 0.1) is 12.8 Å². The third-order valence-corrected chi connectivity index (χ3v) is 4.55. The van der Waals surface area contributed by atoms with E-state index >= 15 is 0 Å². The number of carbonyl (C=O) groups is 1. The van der Waals surface area contributed by atoms with E-state index in [1.165, 1.54) is 26.2 Å². The Morgan fingerprint density at radius 1 is 1.41 bits per heavy atom. The lowest BCUT2D eigenvalue weighted by molar-refractivity contribution is -0.0770. The van der Waals surface area contributed by atoms with Crippen molar-refractivity contribution in [2.45, 2.75) is 32.1 Å². The third kappa shape index (κ3) is 5.15. The molecule has 148 valence electrons. The SMILES string of the molecule is COc1cc2cc(c1Cl)N(C)OC(=O)N[C@@](C)(O)[C@H](OC)/C=C/C=C(\C)C2. The molecular formula is C19H25ClN2O5. The number of nitrogens with one attached hydrogen (secondary N) is 1. The van der Waals surface area contributed by atoms with Crippen LogP contribution in [0, 0.1) is 0 Å². The minimum atomic E-state index is -1.68. The average Bonchev–Trinajstić information content (AvgIpc) is 2.58. The van der Waals surface area contributed by atoms with E-state index < -0.39 is 17.9 Å². The van der Waals surface area contributed by atoms with Gasteiger partial charge in [-0.25, -0.2) is 9.86 Å². The van der Waals surface area contributed by atoms with Gasteiger partial charge in [0, 0.05) is 14.2 Å². The fourth-order valence-corrected chi connectivity index (χ4v) is 3.09. The molecule has 27 heavy (non-hydrogen) atoms. The standard InChI is InChI=1S/C19H25ClN2O5/c1-12-7-6-8-16(26-5)19(2,24)21-18(23)27-22(3)14-10-13(9-12)11-15(25-4)17(14)20/h6-8,10-11,16,24H,9H2,1-5H3,(H,21,23)/b8-6+,12-7+/t16-,19+/m1/s1. The highest BCUT2D eigenvalue weighted by Gasteiger charge is 2.33. The molecule has 1 amide bonds. The molecule has 1 aromatic rings. The molecule has 1 aliphatic rings. The first-order valence-corrected chi connectivity index (χ1v) is 8.75. The van der Waals surface area contributed by atoms with Crippen molar-refractivity contribution in [1.29, 1.82) is 0 Å². The topological polar surface area (TPSA) is 80.3 Å². The number of hydrogen-bond donors (Lipinski definition) is 2. The van der Waals surface area contributed by atoms with Crippen molar-refractivity contribution in [2.24, 2.45) is 0 Å². The maximum atomic E-state index is 12.3. The largest absolute Gasteiger partial charge is 0.495 e.